The van der Waals surface area contributed by atoms with Crippen molar-refractivity contribution in [3.8, 4) is 6.07 Å². The van der Waals surface area contributed by atoms with Gasteiger partial charge in [0.05, 0.1) is 6.07 Å². The summed E-state index contributed by atoms with van der Waals surface area (Å²) < 4.78 is 145. The molecular weight excluding hydrogens is 579 g/mol. The predicted octanol–water partition coefficient (Wildman–Crippen LogP) is 5.34. The fourth-order valence-corrected chi connectivity index (χ4v) is 4.44. The number of benzene rings is 4. The van der Waals surface area contributed by atoms with Gasteiger partial charge in [-0.3, -0.25) is 0 Å². The lowest BCUT2D eigenvalue weighted by Crippen LogP contribution is -2.59. The van der Waals surface area contributed by atoms with Gasteiger partial charge < -0.3 is 10.2 Å². The van der Waals surface area contributed by atoms with Crippen LogP contribution in [0.2, 0.25) is 0 Å². The average molecular weight is 595 g/mol. The minimum absolute atomic E-state index is 0.297. The maximum atomic E-state index is 15.1. The molecule has 0 saturated carbocycles. The summed E-state index contributed by atoms with van der Waals surface area (Å²) in [6.45, 7) is -2.80. The first-order valence-electron chi connectivity index (χ1n) is 11.9. The second-order valence-corrected chi connectivity index (χ2v) is 9.18. The van der Waals surface area contributed by atoms with E-state index < -0.39 is 87.3 Å². The molecule has 0 aliphatic rings. The molecule has 42 heavy (non-hydrogen) atoms. The topological polar surface area (TPSA) is 39.1 Å². The van der Waals surface area contributed by atoms with Crippen molar-refractivity contribution in [2.45, 2.75) is 6.04 Å². The molecule has 3 nitrogen and oxygen atoms in total. The van der Waals surface area contributed by atoms with Crippen LogP contribution >= 0.6 is 0 Å². The summed E-state index contributed by atoms with van der Waals surface area (Å²) in [7, 11) is 3.52. The van der Waals surface area contributed by atoms with Crippen LogP contribution in [-0.4, -0.2) is 20.8 Å². The van der Waals surface area contributed by atoms with E-state index in [9.17, 15) is 31.6 Å². The Balaban J connectivity index is 2.04. The van der Waals surface area contributed by atoms with Crippen LogP contribution in [0.5, 0.6) is 0 Å². The lowest BCUT2D eigenvalue weighted by Gasteiger charge is -2.24. The average Bonchev–Trinajstić information content (AvgIpc) is 2.99. The van der Waals surface area contributed by atoms with Gasteiger partial charge in [0.25, 0.3) is 6.71 Å². The van der Waals surface area contributed by atoms with Gasteiger partial charge in [-0.25, -0.2) is 43.9 Å². The second kappa shape index (κ2) is 11.7. The summed E-state index contributed by atoms with van der Waals surface area (Å²) >= 11 is 0. The maximum Gasteiger partial charge on any atom is 0.257 e. The Morgan fingerprint density at radius 1 is 0.619 bits per heavy atom. The molecular formula is C28H16BF10N3. The number of nitriles is 1. The molecule has 0 aromatic heterocycles. The largest absolute Gasteiger partial charge is 0.378 e. The second-order valence-electron chi connectivity index (χ2n) is 9.18. The number of hydrogen-bond donors (Lipinski definition) is 1. The number of rotatable bonds is 7. The Morgan fingerprint density at radius 3 is 1.43 bits per heavy atom. The van der Waals surface area contributed by atoms with Gasteiger partial charge in [-0.15, -0.1) is 0 Å². The molecule has 0 saturated heterocycles. The van der Waals surface area contributed by atoms with Crippen LogP contribution in [0.3, 0.4) is 0 Å². The molecule has 4 aromatic rings. The molecule has 1 atom stereocenters. The third kappa shape index (κ3) is 5.10. The monoisotopic (exact) mass is 595 g/mol. The van der Waals surface area contributed by atoms with E-state index in [2.05, 4.69) is 5.32 Å². The Morgan fingerprint density at radius 2 is 1.02 bits per heavy atom. The van der Waals surface area contributed by atoms with Crippen LogP contribution in [0, 0.1) is 69.5 Å². The minimum Gasteiger partial charge on any atom is -0.378 e. The van der Waals surface area contributed by atoms with Crippen LogP contribution in [0.15, 0.2) is 48.5 Å². The van der Waals surface area contributed by atoms with Crippen molar-refractivity contribution in [3.63, 3.8) is 0 Å². The highest BCUT2D eigenvalue weighted by Crippen LogP contribution is 2.24. The lowest BCUT2D eigenvalue weighted by atomic mass is 9.35. The van der Waals surface area contributed by atoms with E-state index in [1.807, 2.05) is 6.07 Å². The summed E-state index contributed by atoms with van der Waals surface area (Å²) in [6.07, 6.45) is 0. The first kappa shape index (κ1) is 30.3. The van der Waals surface area contributed by atoms with E-state index in [1.54, 1.807) is 31.1 Å². The SMILES string of the molecule is CN(C)c1ccc(NC(C#N)c2ccccc2B(c2c(F)c(F)c(F)c(F)c2F)c2c(F)c(F)c(F)c(F)c2F)cc1. The van der Waals surface area contributed by atoms with Crippen molar-refractivity contribution < 1.29 is 43.9 Å². The van der Waals surface area contributed by atoms with E-state index in [0.29, 0.717) is 5.69 Å². The van der Waals surface area contributed by atoms with Crippen molar-refractivity contribution in [1.82, 2.24) is 0 Å². The van der Waals surface area contributed by atoms with Gasteiger partial charge in [0.1, 0.15) is 6.04 Å². The molecule has 216 valence electrons. The predicted molar refractivity (Wildman–Crippen MR) is 136 cm³/mol. The summed E-state index contributed by atoms with van der Waals surface area (Å²) in [5, 5.41) is 12.7. The zero-order valence-corrected chi connectivity index (χ0v) is 21.4. The normalized spacial score (nSPS) is 11.7. The molecule has 0 aliphatic heterocycles. The quantitative estimate of drug-likeness (QED) is 0.136. The first-order chi connectivity index (χ1) is 19.8. The Labute approximate surface area is 232 Å². The van der Waals surface area contributed by atoms with E-state index in [0.717, 1.165) is 23.9 Å². The van der Waals surface area contributed by atoms with Gasteiger partial charge in [-0.05, 0) is 29.8 Å². The van der Waals surface area contributed by atoms with Gasteiger partial charge >= 0.3 is 0 Å². The number of nitrogens with zero attached hydrogens (tertiary/aromatic N) is 2. The van der Waals surface area contributed by atoms with Crippen molar-refractivity contribution in [2.24, 2.45) is 0 Å². The highest BCUT2D eigenvalue weighted by atomic mass is 19.2. The van der Waals surface area contributed by atoms with Crippen LogP contribution in [0.25, 0.3) is 0 Å². The molecule has 1 N–H and O–H groups in total. The molecule has 0 amide bonds. The fraction of sp³-hybridized carbons (Fsp3) is 0.107. The molecule has 4 aromatic carbocycles. The van der Waals surface area contributed by atoms with Crippen molar-refractivity contribution in [2.75, 3.05) is 24.3 Å². The van der Waals surface area contributed by atoms with Gasteiger partial charge in [-0.1, -0.05) is 29.7 Å². The number of nitrogens with one attached hydrogen (secondary N) is 1. The summed E-state index contributed by atoms with van der Waals surface area (Å²) in [5.41, 5.74) is -3.75. The van der Waals surface area contributed by atoms with Crippen molar-refractivity contribution in [1.29, 1.82) is 5.26 Å². The summed E-state index contributed by atoms with van der Waals surface area (Å²) in [4.78, 5) is 1.76. The van der Waals surface area contributed by atoms with Crippen LogP contribution < -0.4 is 26.6 Å². The number of halogens is 10. The Bertz CT molecular complexity index is 1590. The highest BCUT2D eigenvalue weighted by molar-refractivity contribution is 6.96. The molecule has 0 heterocycles. The number of hydrogen-bond acceptors (Lipinski definition) is 3. The molecule has 1 unspecified atom stereocenters. The van der Waals surface area contributed by atoms with Gasteiger partial charge in [0.2, 0.25) is 0 Å². The standard InChI is InChI=1S/C28H16BF10N3/c1-42(2)13-9-7-12(8-10-13)41-16(11-40)14-5-3-4-6-15(14)29(17-19(30)23(34)27(38)24(35)20(17)31)18-21(32)25(36)28(39)26(37)22(18)33/h3-10,16,41H,1-2H3. The third-order valence-corrected chi connectivity index (χ3v) is 6.51. The lowest BCUT2D eigenvalue weighted by molar-refractivity contribution is 0.382. The van der Waals surface area contributed by atoms with E-state index in [-0.39, 0.29) is 5.56 Å². The van der Waals surface area contributed by atoms with Crippen molar-refractivity contribution in [3.05, 3.63) is 112 Å². The van der Waals surface area contributed by atoms with E-state index >= 15 is 17.6 Å². The molecule has 14 heteroatoms. The molecule has 4 rings (SSSR count). The summed E-state index contributed by atoms with van der Waals surface area (Å²) in [5.74, 6) is -25.6. The Kier molecular flexibility index (Phi) is 8.42. The third-order valence-electron chi connectivity index (χ3n) is 6.51. The van der Waals surface area contributed by atoms with E-state index in [1.165, 1.54) is 18.2 Å². The van der Waals surface area contributed by atoms with Crippen molar-refractivity contribution >= 4 is 34.5 Å². The zero-order valence-electron chi connectivity index (χ0n) is 21.4. The van der Waals surface area contributed by atoms with E-state index in [4.69, 9.17) is 0 Å². The zero-order chi connectivity index (χ0) is 31.0. The molecule has 0 spiro atoms. The molecule has 0 aliphatic carbocycles. The van der Waals surface area contributed by atoms with Gasteiger partial charge in [0, 0.05) is 36.4 Å². The fourth-order valence-electron chi connectivity index (χ4n) is 4.44. The van der Waals surface area contributed by atoms with Crippen LogP contribution in [0.4, 0.5) is 55.3 Å². The first-order valence-corrected chi connectivity index (χ1v) is 11.9. The molecule has 0 bridgehead atoms. The number of anilines is 2. The van der Waals surface area contributed by atoms with Crippen LogP contribution in [-0.2, 0) is 0 Å². The van der Waals surface area contributed by atoms with Gasteiger partial charge in [-0.2, -0.15) is 5.26 Å². The van der Waals surface area contributed by atoms with Crippen LogP contribution in [0.1, 0.15) is 11.6 Å². The highest BCUT2D eigenvalue weighted by Gasteiger charge is 2.42. The maximum absolute atomic E-state index is 15.1. The minimum atomic E-state index is -2.80. The Hall–Kier alpha value is -4.67. The molecule has 0 radical (unpaired) electrons. The van der Waals surface area contributed by atoms with Gasteiger partial charge in [0.15, 0.2) is 58.2 Å². The summed E-state index contributed by atoms with van der Waals surface area (Å²) in [6, 6.07) is 11.1. The molecule has 0 fully saturated rings. The smallest absolute Gasteiger partial charge is 0.257 e.